The van der Waals surface area contributed by atoms with Crippen molar-refractivity contribution >= 4 is 40.9 Å². The van der Waals surface area contributed by atoms with Crippen LogP contribution in [0.5, 0.6) is 0 Å². The van der Waals surface area contributed by atoms with Crippen molar-refractivity contribution < 1.29 is 19.7 Å². The first-order chi connectivity index (χ1) is 12.7. The second-order valence-electron chi connectivity index (χ2n) is 7.69. The topological polar surface area (TPSA) is 82.0 Å². The van der Waals surface area contributed by atoms with Gasteiger partial charge < -0.3 is 20.3 Å². The van der Waals surface area contributed by atoms with Crippen LogP contribution in [0.3, 0.4) is 0 Å². The molecule has 0 radical (unpaired) electrons. The number of rotatable bonds is 7. The van der Waals surface area contributed by atoms with Crippen LogP contribution in [0.2, 0.25) is 0 Å². The number of likely N-dealkylation sites (N-methyl/N-ethyl adjacent to an activating group) is 1. The third kappa shape index (κ3) is 5.44. The van der Waals surface area contributed by atoms with Gasteiger partial charge in [-0.25, -0.2) is 0 Å². The predicted molar refractivity (Wildman–Crippen MR) is 111 cm³/mol. The van der Waals surface area contributed by atoms with Gasteiger partial charge in [0.2, 0.25) is 5.91 Å². The molecular formula is C18H32Cl2N2O4S. The second-order valence-corrected chi connectivity index (χ2v) is 9.82. The first kappa shape index (κ1) is 23.5. The number of nitrogens with one attached hydrogen (secondary N) is 1. The van der Waals surface area contributed by atoms with Crippen molar-refractivity contribution in [1.82, 2.24) is 10.2 Å². The minimum absolute atomic E-state index is 0.0950. The Morgan fingerprint density at radius 1 is 1.41 bits per heavy atom. The zero-order valence-corrected chi connectivity index (χ0v) is 18.7. The summed E-state index contributed by atoms with van der Waals surface area (Å²) in [6, 6.07) is -0.777. The van der Waals surface area contributed by atoms with E-state index in [0.29, 0.717) is 5.92 Å². The number of carbonyl (C=O) groups is 1. The van der Waals surface area contributed by atoms with Gasteiger partial charge in [0, 0.05) is 6.54 Å². The minimum atomic E-state index is -1.15. The van der Waals surface area contributed by atoms with E-state index in [-0.39, 0.29) is 11.9 Å². The van der Waals surface area contributed by atoms with Crippen molar-refractivity contribution in [3.05, 3.63) is 0 Å². The standard InChI is InChI=1S/C18H32Cl2N2O4S/c1-5-6-10-7-11(22(3)8-10)17(25)21-13(9(2)19)16-12(20)14(23)15(24)18(26-16)27-4/h9-16,18,23-24H,5-8H2,1-4H3,(H,21,25)/t9-,10+,11-,12+,13+,14-,15+,16-,18+/m0/s1. The summed E-state index contributed by atoms with van der Waals surface area (Å²) in [4.78, 5) is 15.0. The number of alkyl halides is 2. The molecular weight excluding hydrogens is 411 g/mol. The fourth-order valence-electron chi connectivity index (χ4n) is 4.08. The van der Waals surface area contributed by atoms with Crippen molar-refractivity contribution in [3.8, 4) is 0 Å². The number of nitrogens with zero attached hydrogens (tertiary/aromatic N) is 1. The lowest BCUT2D eigenvalue weighted by atomic mass is 9.95. The van der Waals surface area contributed by atoms with E-state index in [1.165, 1.54) is 11.8 Å². The maximum absolute atomic E-state index is 12.9. The van der Waals surface area contributed by atoms with E-state index < -0.39 is 40.5 Å². The van der Waals surface area contributed by atoms with Gasteiger partial charge in [-0.2, -0.15) is 0 Å². The normalized spacial score (nSPS) is 39.9. The summed E-state index contributed by atoms with van der Waals surface area (Å²) in [5.41, 5.74) is -0.627. The zero-order valence-electron chi connectivity index (χ0n) is 16.3. The lowest BCUT2D eigenvalue weighted by molar-refractivity contribution is -0.145. The van der Waals surface area contributed by atoms with Gasteiger partial charge in [-0.15, -0.1) is 35.0 Å². The van der Waals surface area contributed by atoms with Crippen molar-refractivity contribution in [2.24, 2.45) is 5.92 Å². The molecule has 6 nitrogen and oxygen atoms in total. The molecule has 2 fully saturated rings. The van der Waals surface area contributed by atoms with Crippen LogP contribution in [0, 0.1) is 5.92 Å². The van der Waals surface area contributed by atoms with E-state index in [9.17, 15) is 15.0 Å². The van der Waals surface area contributed by atoms with Crippen LogP contribution in [0.1, 0.15) is 33.1 Å². The van der Waals surface area contributed by atoms with E-state index in [2.05, 4.69) is 17.1 Å². The SMILES string of the molecule is CCC[C@@H]1C[C@@H](C(=O)N[C@@H]([C@H]2O[C@H](SC)[C@H](O)[C@@H](O)[C@H]2Cl)[C@H](C)Cl)N(C)C1. The molecule has 0 spiro atoms. The molecule has 158 valence electrons. The van der Waals surface area contributed by atoms with Crippen molar-refractivity contribution in [2.45, 2.75) is 79.7 Å². The molecule has 3 N–H and O–H groups in total. The highest BCUT2D eigenvalue weighted by Gasteiger charge is 2.48. The number of aliphatic hydroxyl groups is 2. The van der Waals surface area contributed by atoms with E-state index in [1.54, 1.807) is 13.2 Å². The summed E-state index contributed by atoms with van der Waals surface area (Å²) in [5.74, 6) is 0.426. The van der Waals surface area contributed by atoms with E-state index in [0.717, 1.165) is 25.8 Å². The maximum atomic E-state index is 12.9. The van der Waals surface area contributed by atoms with Crippen molar-refractivity contribution in [2.75, 3.05) is 19.8 Å². The highest BCUT2D eigenvalue weighted by molar-refractivity contribution is 7.99. The van der Waals surface area contributed by atoms with Gasteiger partial charge in [0.15, 0.2) is 0 Å². The molecule has 2 saturated heterocycles. The fraction of sp³-hybridized carbons (Fsp3) is 0.944. The van der Waals surface area contributed by atoms with E-state index in [4.69, 9.17) is 27.9 Å². The van der Waals surface area contributed by atoms with E-state index >= 15 is 0 Å². The fourth-order valence-corrected chi connectivity index (χ4v) is 5.33. The largest absolute Gasteiger partial charge is 0.389 e. The Balaban J connectivity index is 2.09. The van der Waals surface area contributed by atoms with Crippen LogP contribution < -0.4 is 5.32 Å². The number of halogens is 2. The summed E-state index contributed by atoms with van der Waals surface area (Å²) in [5, 5.41) is 22.1. The number of amides is 1. The van der Waals surface area contributed by atoms with Crippen LogP contribution in [-0.2, 0) is 9.53 Å². The van der Waals surface area contributed by atoms with Crippen molar-refractivity contribution in [3.63, 3.8) is 0 Å². The molecule has 2 heterocycles. The van der Waals surface area contributed by atoms with Crippen LogP contribution in [0.25, 0.3) is 0 Å². The number of hydrogen-bond acceptors (Lipinski definition) is 6. The summed E-state index contributed by atoms with van der Waals surface area (Å²) < 4.78 is 5.91. The molecule has 0 saturated carbocycles. The molecule has 0 aromatic heterocycles. The molecule has 2 aliphatic rings. The predicted octanol–water partition coefficient (Wildman–Crippen LogP) is 1.64. The molecule has 0 unspecified atom stereocenters. The van der Waals surface area contributed by atoms with Crippen LogP contribution in [0.15, 0.2) is 0 Å². The Hall–Kier alpha value is 0.240. The average molecular weight is 443 g/mol. The number of ether oxygens (including phenoxy) is 1. The second kappa shape index (κ2) is 10.3. The van der Waals surface area contributed by atoms with Gasteiger partial charge in [0.1, 0.15) is 17.6 Å². The molecule has 27 heavy (non-hydrogen) atoms. The highest BCUT2D eigenvalue weighted by atomic mass is 35.5. The third-order valence-corrected chi connectivity index (χ3v) is 7.22. The highest BCUT2D eigenvalue weighted by Crippen LogP contribution is 2.33. The Morgan fingerprint density at radius 3 is 2.63 bits per heavy atom. The molecule has 0 aromatic carbocycles. The number of thioether (sulfide) groups is 1. The van der Waals surface area contributed by atoms with Crippen LogP contribution >= 0.6 is 35.0 Å². The number of carbonyl (C=O) groups excluding carboxylic acids is 1. The van der Waals surface area contributed by atoms with Crippen molar-refractivity contribution in [1.29, 1.82) is 0 Å². The maximum Gasteiger partial charge on any atom is 0.237 e. The molecule has 0 bridgehead atoms. The monoisotopic (exact) mass is 442 g/mol. The zero-order chi connectivity index (χ0) is 20.3. The molecule has 1 amide bonds. The van der Waals surface area contributed by atoms with Gasteiger partial charge >= 0.3 is 0 Å². The first-order valence-electron chi connectivity index (χ1n) is 9.54. The van der Waals surface area contributed by atoms with Crippen LogP contribution in [0.4, 0.5) is 0 Å². The lowest BCUT2D eigenvalue weighted by Crippen LogP contribution is -2.63. The Kier molecular flexibility index (Phi) is 8.99. The smallest absolute Gasteiger partial charge is 0.237 e. The molecule has 0 aliphatic carbocycles. The number of hydrogen-bond donors (Lipinski definition) is 3. The molecule has 2 aliphatic heterocycles. The minimum Gasteiger partial charge on any atom is -0.389 e. The number of likely N-dealkylation sites (tertiary alicyclic amines) is 1. The third-order valence-electron chi connectivity index (χ3n) is 5.58. The summed E-state index contributed by atoms with van der Waals surface area (Å²) in [7, 11) is 1.96. The average Bonchev–Trinajstić information content (AvgIpc) is 2.99. The molecule has 9 atom stereocenters. The van der Waals surface area contributed by atoms with E-state index in [1.807, 2.05) is 7.05 Å². The van der Waals surface area contributed by atoms with Gasteiger partial charge in [-0.3, -0.25) is 9.69 Å². The summed E-state index contributed by atoms with van der Waals surface area (Å²) >= 11 is 14.0. The number of aliphatic hydroxyl groups excluding tert-OH is 2. The Bertz CT molecular complexity index is 500. The molecule has 2 rings (SSSR count). The van der Waals surface area contributed by atoms with Gasteiger partial charge in [0.05, 0.1) is 28.9 Å². The molecule has 9 heteroatoms. The first-order valence-corrected chi connectivity index (χ1v) is 11.7. The Labute approximate surface area is 176 Å². The quantitative estimate of drug-likeness (QED) is 0.519. The molecule has 0 aromatic rings. The van der Waals surface area contributed by atoms with Gasteiger partial charge in [0.25, 0.3) is 0 Å². The Morgan fingerprint density at radius 2 is 2.07 bits per heavy atom. The van der Waals surface area contributed by atoms with Gasteiger partial charge in [-0.05, 0) is 39.0 Å². The van der Waals surface area contributed by atoms with Crippen LogP contribution in [-0.4, -0.2) is 87.5 Å². The van der Waals surface area contributed by atoms with Gasteiger partial charge in [-0.1, -0.05) is 13.3 Å². The summed E-state index contributed by atoms with van der Waals surface area (Å²) in [6.45, 7) is 4.83. The summed E-state index contributed by atoms with van der Waals surface area (Å²) in [6.07, 6.45) is 1.89. The lowest BCUT2D eigenvalue weighted by Gasteiger charge is -2.44.